The summed E-state index contributed by atoms with van der Waals surface area (Å²) in [7, 11) is 0. The lowest BCUT2D eigenvalue weighted by molar-refractivity contribution is 0.303. The largest absolute Gasteiger partial charge is 0.494 e. The molecule has 3 aromatic carbocycles. The van der Waals surface area contributed by atoms with Gasteiger partial charge in [0.15, 0.2) is 0 Å². The molecule has 1 unspecified atom stereocenters. The minimum absolute atomic E-state index is 0.596. The first kappa shape index (κ1) is 21.6. The predicted molar refractivity (Wildman–Crippen MR) is 133 cm³/mol. The molecule has 0 saturated heterocycles. The van der Waals surface area contributed by atoms with Gasteiger partial charge in [0.05, 0.1) is 17.6 Å². The molecule has 0 spiro atoms. The van der Waals surface area contributed by atoms with E-state index in [2.05, 4.69) is 95.0 Å². The Balaban J connectivity index is 1.39. The van der Waals surface area contributed by atoms with E-state index in [0.29, 0.717) is 5.92 Å². The highest BCUT2D eigenvalue weighted by molar-refractivity contribution is 9.10. The van der Waals surface area contributed by atoms with Gasteiger partial charge < -0.3 is 9.30 Å². The molecule has 0 radical (unpaired) electrons. The van der Waals surface area contributed by atoms with Gasteiger partial charge >= 0.3 is 0 Å². The number of halogens is 1. The molecule has 0 fully saturated rings. The van der Waals surface area contributed by atoms with Crippen molar-refractivity contribution in [2.75, 3.05) is 6.61 Å². The van der Waals surface area contributed by atoms with E-state index in [1.54, 1.807) is 0 Å². The molecular formula is C27H29BrN2O. The van der Waals surface area contributed by atoms with Gasteiger partial charge in [0.1, 0.15) is 11.6 Å². The third-order valence-electron chi connectivity index (χ3n) is 5.84. The van der Waals surface area contributed by atoms with Crippen LogP contribution in [-0.2, 0) is 6.54 Å². The number of ether oxygens (including phenoxy) is 1. The molecule has 1 aromatic heterocycles. The third kappa shape index (κ3) is 5.19. The summed E-state index contributed by atoms with van der Waals surface area (Å²) in [5.74, 6) is 2.57. The van der Waals surface area contributed by atoms with Crippen molar-refractivity contribution in [1.29, 1.82) is 0 Å². The lowest BCUT2D eigenvalue weighted by atomic mass is 9.99. The number of imidazole rings is 1. The maximum atomic E-state index is 5.98. The summed E-state index contributed by atoms with van der Waals surface area (Å²) in [4.78, 5) is 4.91. The van der Waals surface area contributed by atoms with Gasteiger partial charge in [-0.1, -0.05) is 66.2 Å². The van der Waals surface area contributed by atoms with Gasteiger partial charge in [-0.2, -0.15) is 0 Å². The summed E-state index contributed by atoms with van der Waals surface area (Å²) >= 11 is 3.59. The molecule has 4 rings (SSSR count). The molecular weight excluding hydrogens is 448 g/mol. The van der Waals surface area contributed by atoms with Crippen molar-refractivity contribution in [3.63, 3.8) is 0 Å². The van der Waals surface area contributed by atoms with Crippen LogP contribution in [-0.4, -0.2) is 16.2 Å². The number of benzene rings is 3. The van der Waals surface area contributed by atoms with Crippen LogP contribution in [0.5, 0.6) is 5.75 Å². The zero-order valence-electron chi connectivity index (χ0n) is 18.2. The van der Waals surface area contributed by atoms with Crippen LogP contribution in [0, 0.1) is 0 Å². The first-order valence-corrected chi connectivity index (χ1v) is 11.9. The van der Waals surface area contributed by atoms with Crippen LogP contribution < -0.4 is 4.74 Å². The number of rotatable bonds is 9. The van der Waals surface area contributed by atoms with Crippen LogP contribution in [0.3, 0.4) is 0 Å². The van der Waals surface area contributed by atoms with Crippen LogP contribution in [0.15, 0.2) is 77.3 Å². The molecule has 0 aliphatic carbocycles. The van der Waals surface area contributed by atoms with Crippen molar-refractivity contribution in [1.82, 2.24) is 9.55 Å². The van der Waals surface area contributed by atoms with Crippen molar-refractivity contribution in [2.24, 2.45) is 0 Å². The zero-order valence-corrected chi connectivity index (χ0v) is 19.8. The van der Waals surface area contributed by atoms with E-state index in [-0.39, 0.29) is 0 Å². The Kier molecular flexibility index (Phi) is 7.08. The second-order valence-corrected chi connectivity index (χ2v) is 8.94. The van der Waals surface area contributed by atoms with E-state index in [1.807, 2.05) is 12.1 Å². The van der Waals surface area contributed by atoms with Crippen molar-refractivity contribution in [2.45, 2.75) is 45.6 Å². The van der Waals surface area contributed by atoms with Gasteiger partial charge in [0.2, 0.25) is 0 Å². The van der Waals surface area contributed by atoms with Crippen molar-refractivity contribution in [3.8, 4) is 17.1 Å². The van der Waals surface area contributed by atoms with E-state index in [9.17, 15) is 0 Å². The van der Waals surface area contributed by atoms with Crippen LogP contribution >= 0.6 is 15.9 Å². The summed E-state index contributed by atoms with van der Waals surface area (Å²) in [5, 5.41) is 0. The Morgan fingerprint density at radius 2 is 1.77 bits per heavy atom. The molecule has 1 heterocycles. The van der Waals surface area contributed by atoms with Crippen LogP contribution in [0.1, 0.15) is 44.6 Å². The summed E-state index contributed by atoms with van der Waals surface area (Å²) in [6, 6.07) is 25.3. The van der Waals surface area contributed by atoms with E-state index in [4.69, 9.17) is 9.72 Å². The zero-order chi connectivity index (χ0) is 21.6. The minimum atomic E-state index is 0.596. The maximum absolute atomic E-state index is 5.98. The normalized spacial score (nSPS) is 12.2. The monoisotopic (exact) mass is 476 g/mol. The summed E-state index contributed by atoms with van der Waals surface area (Å²) in [6.07, 6.45) is 3.19. The molecule has 0 bridgehead atoms. The third-order valence-corrected chi connectivity index (χ3v) is 6.34. The highest BCUT2D eigenvalue weighted by Crippen LogP contribution is 2.27. The molecule has 4 heteroatoms. The molecule has 0 amide bonds. The lowest BCUT2D eigenvalue weighted by Crippen LogP contribution is -2.04. The second-order valence-electron chi connectivity index (χ2n) is 8.02. The highest BCUT2D eigenvalue weighted by Gasteiger charge is 2.12. The number of unbranched alkanes of at least 4 members (excludes halogenated alkanes) is 1. The standard InChI is InChI=1S/C27H29BrN2O/c1-3-20(2)21-13-15-24(16-14-21)31-18-7-6-17-30-26-12-5-4-11-25(26)29-27(30)22-9-8-10-23(28)19-22/h4-5,8-16,19-20H,3,6-7,17-18H2,1-2H3. The number of hydrogen-bond donors (Lipinski definition) is 0. The Hall–Kier alpha value is -2.59. The summed E-state index contributed by atoms with van der Waals surface area (Å²) in [5.41, 5.74) is 4.72. The highest BCUT2D eigenvalue weighted by atomic mass is 79.9. The van der Waals surface area contributed by atoms with Gasteiger partial charge in [-0.3, -0.25) is 0 Å². The molecule has 160 valence electrons. The fourth-order valence-corrected chi connectivity index (χ4v) is 4.24. The number of nitrogens with zero attached hydrogens (tertiary/aromatic N) is 2. The first-order valence-electron chi connectivity index (χ1n) is 11.1. The fraction of sp³-hybridized carbons (Fsp3) is 0.296. The maximum Gasteiger partial charge on any atom is 0.141 e. The molecule has 0 aliphatic heterocycles. The lowest BCUT2D eigenvalue weighted by Gasteiger charge is -2.12. The number of fused-ring (bicyclic) bond motifs is 1. The molecule has 0 aliphatic rings. The smallest absolute Gasteiger partial charge is 0.141 e. The molecule has 4 aromatic rings. The Labute approximate surface area is 193 Å². The minimum Gasteiger partial charge on any atom is -0.494 e. The van der Waals surface area contributed by atoms with E-state index >= 15 is 0 Å². The average molecular weight is 477 g/mol. The van der Waals surface area contributed by atoms with Gasteiger partial charge in [0, 0.05) is 16.6 Å². The number of hydrogen-bond acceptors (Lipinski definition) is 2. The summed E-state index contributed by atoms with van der Waals surface area (Å²) in [6.45, 7) is 6.12. The van der Waals surface area contributed by atoms with E-state index < -0.39 is 0 Å². The molecule has 31 heavy (non-hydrogen) atoms. The Morgan fingerprint density at radius 3 is 2.55 bits per heavy atom. The molecule has 0 N–H and O–H groups in total. The second kappa shape index (κ2) is 10.1. The Bertz CT molecular complexity index is 1130. The van der Waals surface area contributed by atoms with Gasteiger partial charge in [0.25, 0.3) is 0 Å². The number of aryl methyl sites for hydroxylation is 1. The fourth-order valence-electron chi connectivity index (χ4n) is 3.84. The van der Waals surface area contributed by atoms with Crippen LogP contribution in [0.25, 0.3) is 22.4 Å². The number of aromatic nitrogens is 2. The topological polar surface area (TPSA) is 27.1 Å². The van der Waals surface area contributed by atoms with Crippen molar-refractivity contribution in [3.05, 3.63) is 82.8 Å². The quantitative estimate of drug-likeness (QED) is 0.230. The van der Waals surface area contributed by atoms with Gasteiger partial charge in [-0.15, -0.1) is 0 Å². The van der Waals surface area contributed by atoms with Crippen LogP contribution in [0.4, 0.5) is 0 Å². The Morgan fingerprint density at radius 1 is 0.968 bits per heavy atom. The van der Waals surface area contributed by atoms with Crippen molar-refractivity contribution < 1.29 is 4.74 Å². The predicted octanol–water partition coefficient (Wildman–Crippen LogP) is 7.84. The molecule has 3 nitrogen and oxygen atoms in total. The molecule has 0 saturated carbocycles. The van der Waals surface area contributed by atoms with Gasteiger partial charge in [-0.05, 0) is 67.1 Å². The SMILES string of the molecule is CCC(C)c1ccc(OCCCCn2c(-c3cccc(Br)c3)nc3ccccc32)cc1. The molecule has 1 atom stereocenters. The average Bonchev–Trinajstić information content (AvgIpc) is 3.17. The van der Waals surface area contributed by atoms with E-state index in [0.717, 1.165) is 59.5 Å². The van der Waals surface area contributed by atoms with Crippen LogP contribution in [0.2, 0.25) is 0 Å². The first-order chi connectivity index (χ1) is 15.2. The van der Waals surface area contributed by atoms with E-state index in [1.165, 1.54) is 11.1 Å². The summed E-state index contributed by atoms with van der Waals surface area (Å²) < 4.78 is 9.38. The van der Waals surface area contributed by atoms with Gasteiger partial charge in [-0.25, -0.2) is 4.98 Å². The van der Waals surface area contributed by atoms with Crippen molar-refractivity contribution >= 4 is 27.0 Å². The number of para-hydroxylation sites is 2.